The molecule has 0 aromatic carbocycles. The number of aryl methyl sites for hydroxylation is 1. The molecule has 0 radical (unpaired) electrons. The van der Waals surface area contributed by atoms with Crippen molar-refractivity contribution >= 4 is 39.4 Å². The second-order valence-corrected chi connectivity index (χ2v) is 6.69. The van der Waals surface area contributed by atoms with E-state index in [-0.39, 0.29) is 12.1 Å². The number of fused-ring (bicyclic) bond motifs is 1. The standard InChI is InChI=1S/C18H14N4O5S/c1-9-15-11(7-12(13-4-3-5-26-13)20-17(15)27-22-9)16(24)21-18-19-10(8-28-18)6-14(23)25-2/h3-5,7-8H,6H2,1-2H3,(H,19,21,24). The highest BCUT2D eigenvalue weighted by Crippen LogP contribution is 2.28. The third-order valence-electron chi connectivity index (χ3n) is 3.96. The van der Waals surface area contributed by atoms with Crippen LogP contribution < -0.4 is 5.32 Å². The molecule has 0 unspecified atom stereocenters. The quantitative estimate of drug-likeness (QED) is 0.509. The summed E-state index contributed by atoms with van der Waals surface area (Å²) in [5, 5.41) is 9.21. The van der Waals surface area contributed by atoms with Crippen molar-refractivity contribution in [3.63, 3.8) is 0 Å². The predicted molar refractivity (Wildman–Crippen MR) is 100 cm³/mol. The van der Waals surface area contributed by atoms with E-state index in [0.717, 1.165) is 0 Å². The van der Waals surface area contributed by atoms with Crippen LogP contribution in [0.15, 0.2) is 38.8 Å². The summed E-state index contributed by atoms with van der Waals surface area (Å²) < 4.78 is 15.2. The first-order valence-corrected chi connectivity index (χ1v) is 9.06. The molecule has 0 fully saturated rings. The smallest absolute Gasteiger partial charge is 0.311 e. The molecule has 0 saturated carbocycles. The topological polar surface area (TPSA) is 120 Å². The van der Waals surface area contributed by atoms with Crippen LogP contribution in [0, 0.1) is 6.92 Å². The van der Waals surface area contributed by atoms with E-state index in [4.69, 9.17) is 8.94 Å². The second kappa shape index (κ2) is 7.24. The number of carbonyl (C=O) groups is 2. The Kier molecular flexibility index (Phi) is 4.62. The molecule has 0 aliphatic carbocycles. The van der Waals surface area contributed by atoms with E-state index in [9.17, 15) is 9.59 Å². The van der Waals surface area contributed by atoms with Crippen LogP contribution in [0.1, 0.15) is 21.7 Å². The van der Waals surface area contributed by atoms with Crippen LogP contribution in [0.3, 0.4) is 0 Å². The van der Waals surface area contributed by atoms with Crippen molar-refractivity contribution in [2.24, 2.45) is 0 Å². The fourth-order valence-corrected chi connectivity index (χ4v) is 3.36. The number of furan rings is 1. The van der Waals surface area contributed by atoms with Crippen LogP contribution in [0.5, 0.6) is 0 Å². The number of esters is 1. The third kappa shape index (κ3) is 3.37. The number of hydrogen-bond donors (Lipinski definition) is 1. The molecule has 9 nitrogen and oxygen atoms in total. The van der Waals surface area contributed by atoms with Gasteiger partial charge in [0.25, 0.3) is 11.6 Å². The van der Waals surface area contributed by atoms with Gasteiger partial charge in [0, 0.05) is 5.38 Å². The van der Waals surface area contributed by atoms with Crippen LogP contribution in [0.25, 0.3) is 22.6 Å². The van der Waals surface area contributed by atoms with Gasteiger partial charge in [-0.3, -0.25) is 14.9 Å². The Morgan fingerprint density at radius 2 is 2.18 bits per heavy atom. The van der Waals surface area contributed by atoms with Gasteiger partial charge in [-0.05, 0) is 25.1 Å². The molecule has 0 bridgehead atoms. The Morgan fingerprint density at radius 3 is 2.93 bits per heavy atom. The molecule has 1 N–H and O–H groups in total. The van der Waals surface area contributed by atoms with Gasteiger partial charge in [-0.15, -0.1) is 11.3 Å². The van der Waals surface area contributed by atoms with Gasteiger partial charge >= 0.3 is 5.97 Å². The van der Waals surface area contributed by atoms with Crippen LogP contribution in [-0.2, 0) is 16.0 Å². The number of anilines is 1. The molecule has 0 aliphatic heterocycles. The molecule has 4 rings (SSSR count). The van der Waals surface area contributed by atoms with Crippen LogP contribution >= 0.6 is 11.3 Å². The van der Waals surface area contributed by atoms with Crippen LogP contribution in [0.4, 0.5) is 5.13 Å². The first-order chi connectivity index (χ1) is 13.5. The molecule has 0 aliphatic rings. The van der Waals surface area contributed by atoms with E-state index < -0.39 is 11.9 Å². The normalized spacial score (nSPS) is 10.9. The zero-order valence-corrected chi connectivity index (χ0v) is 15.7. The monoisotopic (exact) mass is 398 g/mol. The highest BCUT2D eigenvalue weighted by molar-refractivity contribution is 7.14. The summed E-state index contributed by atoms with van der Waals surface area (Å²) in [5.74, 6) is -0.299. The maximum Gasteiger partial charge on any atom is 0.311 e. The van der Waals surface area contributed by atoms with Gasteiger partial charge in [0.15, 0.2) is 10.9 Å². The SMILES string of the molecule is COC(=O)Cc1csc(NC(=O)c2cc(-c3ccco3)nc3onc(C)c23)n1. The van der Waals surface area contributed by atoms with E-state index >= 15 is 0 Å². The van der Waals surface area contributed by atoms with E-state index in [1.807, 2.05) is 0 Å². The van der Waals surface area contributed by atoms with Gasteiger partial charge in [-0.2, -0.15) is 0 Å². The van der Waals surface area contributed by atoms with Gasteiger partial charge in [0.05, 0.1) is 42.1 Å². The van der Waals surface area contributed by atoms with Gasteiger partial charge in [-0.1, -0.05) is 5.16 Å². The van der Waals surface area contributed by atoms with Gasteiger partial charge in [0.1, 0.15) is 5.69 Å². The molecule has 142 valence electrons. The molecule has 1 amide bonds. The molecular weight excluding hydrogens is 384 g/mol. The molecule has 4 aromatic heterocycles. The molecule has 0 atom stereocenters. The minimum absolute atomic E-state index is 0.0375. The van der Waals surface area contributed by atoms with E-state index in [0.29, 0.717) is 38.9 Å². The number of amides is 1. The Morgan fingerprint density at radius 1 is 1.32 bits per heavy atom. The number of hydrogen-bond acceptors (Lipinski definition) is 9. The number of carbonyl (C=O) groups excluding carboxylic acids is 2. The number of aromatic nitrogens is 3. The fourth-order valence-electron chi connectivity index (χ4n) is 2.65. The Hall–Kier alpha value is -3.53. The number of methoxy groups -OCH3 is 1. The van der Waals surface area contributed by atoms with Crippen molar-refractivity contribution in [3.8, 4) is 11.5 Å². The van der Waals surface area contributed by atoms with Crippen LogP contribution in [-0.4, -0.2) is 34.1 Å². The number of nitrogens with one attached hydrogen (secondary N) is 1. The lowest BCUT2D eigenvalue weighted by molar-refractivity contribution is -0.139. The third-order valence-corrected chi connectivity index (χ3v) is 4.77. The number of rotatable bonds is 5. The minimum atomic E-state index is -0.401. The van der Waals surface area contributed by atoms with Gasteiger partial charge < -0.3 is 13.7 Å². The summed E-state index contributed by atoms with van der Waals surface area (Å²) >= 11 is 1.21. The highest BCUT2D eigenvalue weighted by atomic mass is 32.1. The van der Waals surface area contributed by atoms with Gasteiger partial charge in [-0.25, -0.2) is 9.97 Å². The van der Waals surface area contributed by atoms with Crippen molar-refractivity contribution in [2.75, 3.05) is 12.4 Å². The zero-order valence-electron chi connectivity index (χ0n) is 14.9. The lowest BCUT2D eigenvalue weighted by Gasteiger charge is -2.05. The Balaban J connectivity index is 1.67. The summed E-state index contributed by atoms with van der Waals surface area (Å²) in [6.45, 7) is 1.73. The maximum absolute atomic E-state index is 12.9. The molecule has 10 heteroatoms. The number of ether oxygens (including phenoxy) is 1. The number of pyridine rings is 1. The molecular formula is C18H14N4O5S. The van der Waals surface area contributed by atoms with Crippen molar-refractivity contribution in [3.05, 3.63) is 46.8 Å². The van der Waals surface area contributed by atoms with E-state index in [1.165, 1.54) is 24.7 Å². The average Bonchev–Trinajstić information content (AvgIpc) is 3.43. The van der Waals surface area contributed by atoms with E-state index in [2.05, 4.69) is 25.2 Å². The van der Waals surface area contributed by atoms with Crippen molar-refractivity contribution in [1.82, 2.24) is 15.1 Å². The summed E-state index contributed by atoms with van der Waals surface area (Å²) in [5.41, 5.74) is 2.08. The average molecular weight is 398 g/mol. The largest absolute Gasteiger partial charge is 0.469 e. The summed E-state index contributed by atoms with van der Waals surface area (Å²) in [7, 11) is 1.31. The lowest BCUT2D eigenvalue weighted by Crippen LogP contribution is -2.13. The van der Waals surface area contributed by atoms with Crippen molar-refractivity contribution in [2.45, 2.75) is 13.3 Å². The minimum Gasteiger partial charge on any atom is -0.469 e. The molecule has 4 aromatic rings. The zero-order chi connectivity index (χ0) is 19.7. The van der Waals surface area contributed by atoms with E-state index in [1.54, 1.807) is 30.5 Å². The van der Waals surface area contributed by atoms with Crippen molar-refractivity contribution < 1.29 is 23.3 Å². The van der Waals surface area contributed by atoms with Gasteiger partial charge in [0.2, 0.25) is 0 Å². The Labute approximate surface area is 162 Å². The van der Waals surface area contributed by atoms with Crippen LogP contribution in [0.2, 0.25) is 0 Å². The fraction of sp³-hybridized carbons (Fsp3) is 0.167. The summed E-state index contributed by atoms with van der Waals surface area (Å²) in [6.07, 6.45) is 1.56. The summed E-state index contributed by atoms with van der Waals surface area (Å²) in [4.78, 5) is 32.9. The van der Waals surface area contributed by atoms with Crippen molar-refractivity contribution in [1.29, 1.82) is 0 Å². The molecule has 28 heavy (non-hydrogen) atoms. The predicted octanol–water partition coefficient (Wildman–Crippen LogP) is 3.22. The second-order valence-electron chi connectivity index (χ2n) is 5.83. The summed E-state index contributed by atoms with van der Waals surface area (Å²) in [6, 6.07) is 5.08. The molecule has 4 heterocycles. The lowest BCUT2D eigenvalue weighted by atomic mass is 10.1. The first-order valence-electron chi connectivity index (χ1n) is 8.18. The Bertz CT molecular complexity index is 1160. The first kappa shape index (κ1) is 17.9. The molecule has 0 spiro atoms. The maximum atomic E-state index is 12.9. The number of thiazole rings is 1. The molecule has 0 saturated heterocycles. The highest BCUT2D eigenvalue weighted by Gasteiger charge is 2.21. The number of nitrogens with zero attached hydrogens (tertiary/aromatic N) is 3.